The SMILES string of the molecule is Fc1ccc(C2(c3ccc(COc4ccc(-c5nnn(-c6ccccc6)n5)cc4)cc3)N=N2)c(F)c1F. The number of hydrogen-bond donors (Lipinski definition) is 0. The molecule has 0 amide bonds. The van der Waals surface area contributed by atoms with Crippen molar-refractivity contribution >= 4 is 0 Å². The molecule has 10 heteroatoms. The Kier molecular flexibility index (Phi) is 5.48. The van der Waals surface area contributed by atoms with E-state index in [9.17, 15) is 13.2 Å². The van der Waals surface area contributed by atoms with E-state index in [4.69, 9.17) is 4.74 Å². The van der Waals surface area contributed by atoms with Crippen LogP contribution in [0.4, 0.5) is 13.2 Å². The molecule has 1 aliphatic heterocycles. The first-order valence-corrected chi connectivity index (χ1v) is 11.3. The number of benzene rings is 4. The smallest absolute Gasteiger partial charge is 0.243 e. The number of halogens is 3. The summed E-state index contributed by atoms with van der Waals surface area (Å²) in [6, 6.07) is 25.9. The van der Waals surface area contributed by atoms with Crippen LogP contribution in [0.5, 0.6) is 5.75 Å². The fourth-order valence-electron chi connectivity index (χ4n) is 3.92. The van der Waals surface area contributed by atoms with Crippen molar-refractivity contribution in [1.82, 2.24) is 20.2 Å². The van der Waals surface area contributed by atoms with Gasteiger partial charge in [-0.15, -0.1) is 25.2 Å². The normalized spacial score (nSPS) is 13.5. The lowest BCUT2D eigenvalue weighted by atomic mass is 9.93. The van der Waals surface area contributed by atoms with E-state index in [0.29, 0.717) is 17.1 Å². The third-order valence-corrected chi connectivity index (χ3v) is 5.99. The summed E-state index contributed by atoms with van der Waals surface area (Å²) in [4.78, 5) is 1.47. The van der Waals surface area contributed by atoms with E-state index >= 15 is 0 Å². The Balaban J connectivity index is 1.11. The summed E-state index contributed by atoms with van der Waals surface area (Å²) in [5.41, 5.74) is 1.52. The van der Waals surface area contributed by atoms with E-state index < -0.39 is 23.1 Å². The van der Waals surface area contributed by atoms with Gasteiger partial charge in [0.15, 0.2) is 17.5 Å². The Morgan fingerprint density at radius 2 is 1.49 bits per heavy atom. The van der Waals surface area contributed by atoms with Gasteiger partial charge in [-0.25, -0.2) is 13.2 Å². The molecule has 0 unspecified atom stereocenters. The molecule has 1 aliphatic rings. The van der Waals surface area contributed by atoms with Crippen LogP contribution in [0.15, 0.2) is 101 Å². The summed E-state index contributed by atoms with van der Waals surface area (Å²) in [6.07, 6.45) is 0. The third-order valence-electron chi connectivity index (χ3n) is 5.99. The largest absolute Gasteiger partial charge is 0.489 e. The summed E-state index contributed by atoms with van der Waals surface area (Å²) in [5, 5.41) is 20.5. The van der Waals surface area contributed by atoms with Crippen molar-refractivity contribution in [2.75, 3.05) is 0 Å². The Labute approximate surface area is 208 Å². The highest BCUT2D eigenvalue weighted by Gasteiger charge is 2.47. The van der Waals surface area contributed by atoms with Crippen molar-refractivity contribution in [3.63, 3.8) is 0 Å². The lowest BCUT2D eigenvalue weighted by molar-refractivity contribution is 0.306. The highest BCUT2D eigenvalue weighted by molar-refractivity contribution is 5.55. The molecule has 0 bridgehead atoms. The van der Waals surface area contributed by atoms with Crippen LogP contribution in [0.2, 0.25) is 0 Å². The molecule has 2 heterocycles. The minimum atomic E-state index is -1.54. The molecule has 7 nitrogen and oxygen atoms in total. The van der Waals surface area contributed by atoms with E-state index in [0.717, 1.165) is 28.9 Å². The number of para-hydroxylation sites is 1. The molecule has 0 N–H and O–H groups in total. The van der Waals surface area contributed by atoms with Gasteiger partial charge in [0.25, 0.3) is 0 Å². The number of rotatable bonds is 7. The predicted octanol–water partition coefficient (Wildman–Crippen LogP) is 5.99. The van der Waals surface area contributed by atoms with Crippen LogP contribution in [0.1, 0.15) is 16.7 Å². The first kappa shape index (κ1) is 22.6. The highest BCUT2D eigenvalue weighted by atomic mass is 19.2. The van der Waals surface area contributed by atoms with Crippen LogP contribution < -0.4 is 4.74 Å². The average Bonchev–Trinajstić information content (AvgIpc) is 3.59. The number of tetrazole rings is 1. The summed E-state index contributed by atoms with van der Waals surface area (Å²) < 4.78 is 47.2. The molecule has 6 rings (SSSR count). The Morgan fingerprint density at radius 3 is 2.19 bits per heavy atom. The van der Waals surface area contributed by atoms with Gasteiger partial charge in [0.2, 0.25) is 11.5 Å². The first-order valence-electron chi connectivity index (χ1n) is 11.3. The molecule has 4 aromatic carbocycles. The zero-order valence-corrected chi connectivity index (χ0v) is 19.1. The summed E-state index contributed by atoms with van der Waals surface area (Å²) >= 11 is 0. The lowest BCUT2D eigenvalue weighted by Gasteiger charge is -2.14. The van der Waals surface area contributed by atoms with Crippen LogP contribution >= 0.6 is 0 Å². The molecular weight excluding hydrogens is 481 g/mol. The van der Waals surface area contributed by atoms with Crippen molar-refractivity contribution in [2.45, 2.75) is 12.3 Å². The van der Waals surface area contributed by atoms with Crippen molar-refractivity contribution in [2.24, 2.45) is 10.2 Å². The highest BCUT2D eigenvalue weighted by Crippen LogP contribution is 2.47. The van der Waals surface area contributed by atoms with E-state index in [1.807, 2.05) is 54.6 Å². The molecule has 0 radical (unpaired) electrons. The second kappa shape index (κ2) is 8.98. The van der Waals surface area contributed by atoms with Crippen molar-refractivity contribution < 1.29 is 17.9 Å². The van der Waals surface area contributed by atoms with Crippen LogP contribution in [0, 0.1) is 17.5 Å². The number of hydrogen-bond acceptors (Lipinski definition) is 6. The quantitative estimate of drug-likeness (QED) is 0.258. The Hall–Kier alpha value is -4.86. The van der Waals surface area contributed by atoms with Gasteiger partial charge in [-0.05, 0) is 59.3 Å². The van der Waals surface area contributed by atoms with Crippen molar-refractivity contribution in [3.05, 3.63) is 125 Å². The standard InChI is InChI=1S/C27H17F3N6O/c28-23-15-14-22(24(29)25(23)30)27(33-34-27)19-10-6-17(7-11-19)16-37-21-12-8-18(9-13-21)26-31-35-36(32-26)20-4-2-1-3-5-20/h1-15H,16H2. The molecule has 0 aliphatic carbocycles. The first-order chi connectivity index (χ1) is 18.0. The topological polar surface area (TPSA) is 77.5 Å². The van der Waals surface area contributed by atoms with E-state index in [-0.39, 0.29) is 12.2 Å². The molecule has 5 aromatic rings. The van der Waals surface area contributed by atoms with E-state index in [1.54, 1.807) is 24.3 Å². The van der Waals surface area contributed by atoms with Gasteiger partial charge in [-0.2, -0.15) is 0 Å². The molecule has 0 saturated heterocycles. The number of nitrogens with zero attached hydrogens (tertiary/aromatic N) is 6. The second-order valence-electron chi connectivity index (χ2n) is 8.34. The fourth-order valence-corrected chi connectivity index (χ4v) is 3.92. The van der Waals surface area contributed by atoms with Gasteiger partial charge in [-0.1, -0.05) is 42.5 Å². The Morgan fingerprint density at radius 1 is 0.757 bits per heavy atom. The molecule has 0 fully saturated rings. The molecule has 37 heavy (non-hydrogen) atoms. The summed E-state index contributed by atoms with van der Waals surface area (Å²) in [7, 11) is 0. The zero-order valence-electron chi connectivity index (χ0n) is 19.1. The lowest BCUT2D eigenvalue weighted by Crippen LogP contribution is -2.14. The summed E-state index contributed by atoms with van der Waals surface area (Å²) in [6.45, 7) is 0.281. The van der Waals surface area contributed by atoms with Crippen LogP contribution in [0.3, 0.4) is 0 Å². The van der Waals surface area contributed by atoms with Crippen LogP contribution in [-0.4, -0.2) is 20.2 Å². The maximum Gasteiger partial charge on any atom is 0.243 e. The zero-order chi connectivity index (χ0) is 25.4. The molecule has 0 atom stereocenters. The monoisotopic (exact) mass is 498 g/mol. The number of ether oxygens (including phenoxy) is 1. The maximum atomic E-state index is 14.3. The predicted molar refractivity (Wildman–Crippen MR) is 127 cm³/mol. The second-order valence-corrected chi connectivity index (χ2v) is 8.34. The van der Waals surface area contributed by atoms with Gasteiger partial charge < -0.3 is 4.74 Å². The number of aromatic nitrogens is 4. The van der Waals surface area contributed by atoms with Crippen LogP contribution in [0.25, 0.3) is 17.1 Å². The average molecular weight is 498 g/mol. The van der Waals surface area contributed by atoms with E-state index in [1.165, 1.54) is 4.80 Å². The molecule has 1 aromatic heterocycles. The fraction of sp³-hybridized carbons (Fsp3) is 0.0741. The minimum absolute atomic E-state index is 0.131. The van der Waals surface area contributed by atoms with Gasteiger partial charge in [-0.3, -0.25) is 0 Å². The molecular formula is C27H17F3N6O. The van der Waals surface area contributed by atoms with Crippen molar-refractivity contribution in [3.8, 4) is 22.8 Å². The molecule has 182 valence electrons. The minimum Gasteiger partial charge on any atom is -0.489 e. The van der Waals surface area contributed by atoms with Gasteiger partial charge in [0.05, 0.1) is 5.69 Å². The molecule has 0 saturated carbocycles. The van der Waals surface area contributed by atoms with Crippen molar-refractivity contribution in [1.29, 1.82) is 0 Å². The van der Waals surface area contributed by atoms with Gasteiger partial charge in [0.1, 0.15) is 12.4 Å². The molecule has 0 spiro atoms. The third kappa shape index (κ3) is 4.22. The van der Waals surface area contributed by atoms with E-state index in [2.05, 4.69) is 25.6 Å². The maximum absolute atomic E-state index is 14.3. The van der Waals surface area contributed by atoms with Crippen LogP contribution in [-0.2, 0) is 12.3 Å². The Bertz CT molecular complexity index is 1600. The summed E-state index contributed by atoms with van der Waals surface area (Å²) in [5.74, 6) is -2.95. The van der Waals surface area contributed by atoms with Gasteiger partial charge in [0, 0.05) is 16.7 Å². The van der Waals surface area contributed by atoms with Gasteiger partial charge >= 0.3 is 0 Å².